The summed E-state index contributed by atoms with van der Waals surface area (Å²) in [6, 6.07) is 18.1. The SMILES string of the molecule is CCCN(CCC)c1ccc(C(=O)N2CC3(C2)OCc2cc(C4=NSC(NF)(c5cc(Cl)c(C)c(CC)c5)C4)ccc23)cc1. The average molecular weight is 635 g/mol. The molecule has 6 rings (SSSR count). The molecule has 1 saturated heterocycles. The van der Waals surface area contributed by atoms with Gasteiger partial charge < -0.3 is 14.5 Å². The van der Waals surface area contributed by atoms with E-state index in [4.69, 9.17) is 20.7 Å². The third-order valence-corrected chi connectivity index (χ3v) is 10.7. The van der Waals surface area contributed by atoms with Gasteiger partial charge in [0, 0.05) is 47.7 Å². The third kappa shape index (κ3) is 5.44. The summed E-state index contributed by atoms with van der Waals surface area (Å²) in [5.41, 5.74) is 10.3. The molecule has 1 spiro atoms. The summed E-state index contributed by atoms with van der Waals surface area (Å²) in [7, 11) is 0. The number of halogens is 2. The Labute approximate surface area is 269 Å². The minimum Gasteiger partial charge on any atom is -0.372 e. The lowest BCUT2D eigenvalue weighted by molar-refractivity contribution is -0.126. The van der Waals surface area contributed by atoms with Crippen molar-refractivity contribution in [2.45, 2.75) is 70.5 Å². The summed E-state index contributed by atoms with van der Waals surface area (Å²) >= 11 is 7.73. The Morgan fingerprint density at radius 1 is 1.09 bits per heavy atom. The number of rotatable bonds is 10. The van der Waals surface area contributed by atoms with Gasteiger partial charge in [0.2, 0.25) is 0 Å². The van der Waals surface area contributed by atoms with Crippen LogP contribution in [0.2, 0.25) is 5.02 Å². The van der Waals surface area contributed by atoms with Crippen LogP contribution in [-0.4, -0.2) is 42.7 Å². The van der Waals surface area contributed by atoms with E-state index in [1.54, 1.807) is 0 Å². The number of fused-ring (bicyclic) bond motifs is 2. The molecule has 0 bridgehead atoms. The highest BCUT2D eigenvalue weighted by Crippen LogP contribution is 2.48. The fourth-order valence-corrected chi connectivity index (χ4v) is 7.83. The number of amides is 1. The second kappa shape index (κ2) is 12.5. The van der Waals surface area contributed by atoms with Gasteiger partial charge in [-0.3, -0.25) is 4.79 Å². The Morgan fingerprint density at radius 2 is 1.82 bits per heavy atom. The first-order valence-corrected chi connectivity index (χ1v) is 16.8. The van der Waals surface area contributed by atoms with E-state index < -0.39 is 10.5 Å². The fraction of sp³-hybridized carbons (Fsp3) is 0.429. The minimum absolute atomic E-state index is 0.0308. The second-order valence-electron chi connectivity index (χ2n) is 12.2. The summed E-state index contributed by atoms with van der Waals surface area (Å²) in [6.07, 6.45) is 3.38. The lowest BCUT2D eigenvalue weighted by Crippen LogP contribution is -2.61. The van der Waals surface area contributed by atoms with E-state index in [2.05, 4.69) is 49.9 Å². The van der Waals surface area contributed by atoms with Crippen LogP contribution in [0.3, 0.4) is 0 Å². The first-order chi connectivity index (χ1) is 21.3. The summed E-state index contributed by atoms with van der Waals surface area (Å²) in [5.74, 6) is 0.0308. The summed E-state index contributed by atoms with van der Waals surface area (Å²) in [6.45, 7) is 12.0. The number of nitrogens with zero attached hydrogens (tertiary/aromatic N) is 3. The van der Waals surface area contributed by atoms with E-state index in [-0.39, 0.29) is 5.91 Å². The molecule has 1 amide bonds. The number of nitrogens with one attached hydrogen (secondary N) is 1. The molecule has 3 aliphatic heterocycles. The Morgan fingerprint density at radius 3 is 2.48 bits per heavy atom. The molecule has 1 N–H and O–H groups in total. The lowest BCUT2D eigenvalue weighted by Gasteiger charge is -2.47. The Balaban J connectivity index is 1.13. The van der Waals surface area contributed by atoms with Crippen molar-refractivity contribution in [1.29, 1.82) is 0 Å². The van der Waals surface area contributed by atoms with Crippen molar-refractivity contribution in [1.82, 2.24) is 10.4 Å². The largest absolute Gasteiger partial charge is 0.372 e. The molecule has 1 atom stereocenters. The van der Waals surface area contributed by atoms with Crippen LogP contribution >= 0.6 is 23.5 Å². The summed E-state index contributed by atoms with van der Waals surface area (Å²) < 4.78 is 25.5. The standard InChI is InChI=1S/C35H40ClFN4O2S/c1-5-14-40(15-6-2)29-11-8-25(9-12-29)33(42)41-21-34(22-41)30-13-10-26(16-27(30)20-43-34)32-19-35(39-37,44-38-32)28-17-24(7-3)23(4)31(36)18-28/h8-13,16-18,39H,5-7,14-15,19-22H2,1-4H3. The van der Waals surface area contributed by atoms with Gasteiger partial charge in [0.25, 0.3) is 5.91 Å². The van der Waals surface area contributed by atoms with Crippen molar-refractivity contribution in [2.24, 2.45) is 4.40 Å². The fourth-order valence-electron chi connectivity index (χ4n) is 6.70. The highest BCUT2D eigenvalue weighted by Gasteiger charge is 2.52. The normalized spacial score (nSPS) is 20.0. The molecule has 3 aliphatic rings. The number of anilines is 1. The monoisotopic (exact) mass is 634 g/mol. The molecular formula is C35H40ClFN4O2S. The van der Waals surface area contributed by atoms with Crippen LogP contribution in [0.25, 0.3) is 0 Å². The van der Waals surface area contributed by atoms with Gasteiger partial charge in [-0.15, -0.1) is 10.0 Å². The van der Waals surface area contributed by atoms with E-state index in [1.807, 2.05) is 47.7 Å². The van der Waals surface area contributed by atoms with Crippen molar-refractivity contribution >= 4 is 40.9 Å². The molecule has 0 saturated carbocycles. The molecule has 44 heavy (non-hydrogen) atoms. The third-order valence-electron chi connectivity index (χ3n) is 9.26. The molecule has 1 fully saturated rings. The maximum atomic E-state index is 14.5. The zero-order valence-corrected chi connectivity index (χ0v) is 27.5. The molecule has 0 aromatic heterocycles. The summed E-state index contributed by atoms with van der Waals surface area (Å²) in [4.78, 5) is 16.5. The van der Waals surface area contributed by atoms with Gasteiger partial charge in [0.15, 0.2) is 0 Å². The molecule has 6 nitrogen and oxygen atoms in total. The van der Waals surface area contributed by atoms with Crippen molar-refractivity contribution in [3.8, 4) is 0 Å². The number of carbonyl (C=O) groups is 1. The van der Waals surface area contributed by atoms with E-state index in [0.717, 1.165) is 77.1 Å². The second-order valence-corrected chi connectivity index (χ2v) is 13.6. The van der Waals surface area contributed by atoms with Gasteiger partial charge in [-0.1, -0.05) is 50.6 Å². The van der Waals surface area contributed by atoms with Crippen molar-refractivity contribution in [3.05, 3.63) is 98.6 Å². The van der Waals surface area contributed by atoms with Crippen LogP contribution in [-0.2, 0) is 28.2 Å². The van der Waals surface area contributed by atoms with Crippen LogP contribution in [0.5, 0.6) is 0 Å². The number of benzene rings is 3. The average Bonchev–Trinajstić information content (AvgIpc) is 3.64. The topological polar surface area (TPSA) is 57.2 Å². The molecule has 0 radical (unpaired) electrons. The predicted octanol–water partition coefficient (Wildman–Crippen LogP) is 7.89. The van der Waals surface area contributed by atoms with Gasteiger partial charge in [-0.2, -0.15) is 0 Å². The Kier molecular flexibility index (Phi) is 8.81. The molecule has 3 heterocycles. The smallest absolute Gasteiger partial charge is 0.254 e. The Hall–Kier alpha value is -2.91. The number of likely N-dealkylation sites (tertiary alicyclic amines) is 1. The maximum absolute atomic E-state index is 14.5. The molecule has 232 valence electrons. The van der Waals surface area contributed by atoms with Crippen LogP contribution < -0.4 is 10.4 Å². The summed E-state index contributed by atoms with van der Waals surface area (Å²) in [5, 5.41) is 0.638. The van der Waals surface area contributed by atoms with E-state index in [9.17, 15) is 9.28 Å². The van der Waals surface area contributed by atoms with Gasteiger partial charge in [-0.05, 0) is 96.0 Å². The highest BCUT2D eigenvalue weighted by atomic mass is 35.5. The van der Waals surface area contributed by atoms with Crippen molar-refractivity contribution in [2.75, 3.05) is 31.1 Å². The molecule has 3 aromatic carbocycles. The molecule has 1 unspecified atom stereocenters. The van der Waals surface area contributed by atoms with Crippen LogP contribution in [0.4, 0.5) is 10.2 Å². The Bertz CT molecular complexity index is 1580. The number of hydrogen-bond acceptors (Lipinski definition) is 6. The highest BCUT2D eigenvalue weighted by molar-refractivity contribution is 7.99. The number of carbonyl (C=O) groups excluding carboxylic acids is 1. The van der Waals surface area contributed by atoms with Crippen LogP contribution in [0, 0.1) is 6.92 Å². The van der Waals surface area contributed by atoms with Crippen molar-refractivity contribution < 1.29 is 14.0 Å². The van der Waals surface area contributed by atoms with Crippen molar-refractivity contribution in [3.63, 3.8) is 0 Å². The maximum Gasteiger partial charge on any atom is 0.254 e. The first-order valence-electron chi connectivity index (χ1n) is 15.6. The van der Waals surface area contributed by atoms with E-state index in [1.165, 1.54) is 11.9 Å². The van der Waals surface area contributed by atoms with Gasteiger partial charge >= 0.3 is 0 Å². The zero-order chi connectivity index (χ0) is 31.1. The van der Waals surface area contributed by atoms with Crippen LogP contribution in [0.15, 0.2) is 59.0 Å². The molecule has 9 heteroatoms. The zero-order valence-electron chi connectivity index (χ0n) is 25.9. The number of ether oxygens (including phenoxy) is 1. The lowest BCUT2D eigenvalue weighted by atomic mass is 9.83. The molecule has 3 aromatic rings. The van der Waals surface area contributed by atoms with Gasteiger partial charge in [0.1, 0.15) is 10.5 Å². The van der Waals surface area contributed by atoms with Gasteiger partial charge in [-0.25, -0.2) is 4.40 Å². The predicted molar refractivity (Wildman–Crippen MR) is 178 cm³/mol. The number of hydrogen-bond donors (Lipinski definition) is 1. The first kappa shape index (κ1) is 31.1. The van der Waals surface area contributed by atoms with E-state index in [0.29, 0.717) is 36.7 Å². The minimum atomic E-state index is -1.02. The molecule has 0 aliphatic carbocycles. The number of aryl methyl sites for hydroxylation is 1. The van der Waals surface area contributed by atoms with Gasteiger partial charge in [0.05, 0.1) is 25.4 Å². The molecular weight excluding hydrogens is 595 g/mol. The van der Waals surface area contributed by atoms with Crippen LogP contribution in [0.1, 0.15) is 83.8 Å². The quantitative estimate of drug-likeness (QED) is 0.182. The van der Waals surface area contributed by atoms with E-state index >= 15 is 0 Å².